The summed E-state index contributed by atoms with van der Waals surface area (Å²) in [6, 6.07) is 7.08. The maximum absolute atomic E-state index is 12.4. The van der Waals surface area contributed by atoms with Crippen molar-refractivity contribution < 1.29 is 4.79 Å². The summed E-state index contributed by atoms with van der Waals surface area (Å²) in [6.45, 7) is 4.22. The Balaban J connectivity index is 1.86. The van der Waals surface area contributed by atoms with Crippen LogP contribution in [0.3, 0.4) is 0 Å². The highest BCUT2D eigenvalue weighted by atomic mass is 35.5. The van der Waals surface area contributed by atoms with Gasteiger partial charge in [-0.05, 0) is 18.6 Å². The third-order valence-electron chi connectivity index (χ3n) is 3.28. The van der Waals surface area contributed by atoms with E-state index in [-0.39, 0.29) is 5.78 Å². The second-order valence-electron chi connectivity index (χ2n) is 5.04. The standard InChI is InChI=1S/C17H20ClN2OS/c1-2-3-4-5-8-11-19-17-20-12-15(22-17)16(21)13-9-6-7-10-14(13)18/h6-7,9-12H,2-5,8H2,1H3,(H,19,20). The average Bonchev–Trinajstić information content (AvgIpc) is 2.99. The van der Waals surface area contributed by atoms with Gasteiger partial charge in [0.25, 0.3) is 0 Å². The first-order valence-corrected chi connectivity index (χ1v) is 8.75. The van der Waals surface area contributed by atoms with Gasteiger partial charge in [0, 0.05) is 12.1 Å². The molecule has 0 aliphatic carbocycles. The summed E-state index contributed by atoms with van der Waals surface area (Å²) in [5.74, 6) is -0.0842. The molecule has 0 unspecified atom stereocenters. The minimum Gasteiger partial charge on any atom is -0.357 e. The topological polar surface area (TPSA) is 42.0 Å². The van der Waals surface area contributed by atoms with Gasteiger partial charge in [0.2, 0.25) is 5.78 Å². The van der Waals surface area contributed by atoms with Crippen LogP contribution in [0.5, 0.6) is 0 Å². The lowest BCUT2D eigenvalue weighted by Crippen LogP contribution is -1.99. The zero-order valence-electron chi connectivity index (χ0n) is 12.6. The van der Waals surface area contributed by atoms with E-state index in [1.165, 1.54) is 37.0 Å². The number of nitrogens with zero attached hydrogens (tertiary/aromatic N) is 1. The number of aromatic nitrogens is 1. The van der Waals surface area contributed by atoms with E-state index in [4.69, 9.17) is 11.6 Å². The van der Waals surface area contributed by atoms with Crippen LogP contribution in [0.1, 0.15) is 54.3 Å². The van der Waals surface area contributed by atoms with Crippen LogP contribution >= 0.6 is 22.9 Å². The fourth-order valence-electron chi connectivity index (χ4n) is 2.06. The number of halogens is 1. The van der Waals surface area contributed by atoms with Gasteiger partial charge in [-0.2, -0.15) is 0 Å². The summed E-state index contributed by atoms with van der Waals surface area (Å²) >= 11 is 7.41. The number of hydrogen-bond acceptors (Lipinski definition) is 4. The van der Waals surface area contributed by atoms with Crippen molar-refractivity contribution in [3.63, 3.8) is 0 Å². The number of anilines is 1. The molecular formula is C17H20ClN2OS. The van der Waals surface area contributed by atoms with E-state index < -0.39 is 0 Å². The molecule has 117 valence electrons. The van der Waals surface area contributed by atoms with Crippen LogP contribution in [0.25, 0.3) is 0 Å². The third kappa shape index (κ3) is 4.82. The smallest absolute Gasteiger partial charge is 0.206 e. The molecule has 0 saturated heterocycles. The van der Waals surface area contributed by atoms with Gasteiger partial charge in [-0.15, -0.1) is 0 Å². The van der Waals surface area contributed by atoms with E-state index in [9.17, 15) is 4.79 Å². The van der Waals surface area contributed by atoms with E-state index >= 15 is 0 Å². The molecule has 0 amide bonds. The van der Waals surface area contributed by atoms with E-state index in [0.29, 0.717) is 15.5 Å². The molecule has 1 aromatic heterocycles. The monoisotopic (exact) mass is 335 g/mol. The van der Waals surface area contributed by atoms with Gasteiger partial charge in [0.1, 0.15) is 0 Å². The molecule has 0 fully saturated rings. The van der Waals surface area contributed by atoms with Crippen molar-refractivity contribution in [2.45, 2.75) is 39.0 Å². The number of ketones is 1. The van der Waals surface area contributed by atoms with E-state index in [2.05, 4.69) is 17.2 Å². The van der Waals surface area contributed by atoms with Crippen molar-refractivity contribution in [3.8, 4) is 0 Å². The summed E-state index contributed by atoms with van der Waals surface area (Å²) in [5.41, 5.74) is 0.517. The second-order valence-corrected chi connectivity index (χ2v) is 6.47. The zero-order chi connectivity index (χ0) is 15.8. The van der Waals surface area contributed by atoms with Gasteiger partial charge in [0.05, 0.1) is 16.1 Å². The van der Waals surface area contributed by atoms with Crippen molar-refractivity contribution in [3.05, 3.63) is 52.5 Å². The number of nitrogens with one attached hydrogen (secondary N) is 1. The first-order valence-electron chi connectivity index (χ1n) is 7.55. The highest BCUT2D eigenvalue weighted by molar-refractivity contribution is 7.17. The van der Waals surface area contributed by atoms with Crippen LogP contribution in [0.4, 0.5) is 5.13 Å². The molecule has 2 rings (SSSR count). The molecule has 0 atom stereocenters. The number of thiazole rings is 1. The summed E-state index contributed by atoms with van der Waals surface area (Å²) in [4.78, 5) is 17.2. The predicted octanol–water partition coefficient (Wildman–Crippen LogP) is 5.57. The molecule has 2 aromatic rings. The van der Waals surface area contributed by atoms with Gasteiger partial charge in [0.15, 0.2) is 5.13 Å². The van der Waals surface area contributed by atoms with Crippen molar-refractivity contribution in [2.24, 2.45) is 0 Å². The van der Waals surface area contributed by atoms with E-state index in [0.717, 1.165) is 11.6 Å². The van der Waals surface area contributed by atoms with Gasteiger partial charge < -0.3 is 5.32 Å². The maximum Gasteiger partial charge on any atom is 0.206 e. The number of hydrogen-bond donors (Lipinski definition) is 1. The Morgan fingerprint density at radius 2 is 2.14 bits per heavy atom. The fourth-order valence-corrected chi connectivity index (χ4v) is 3.04. The molecular weight excluding hydrogens is 316 g/mol. The number of benzene rings is 1. The number of carbonyl (C=O) groups excluding carboxylic acids is 1. The fraction of sp³-hybridized carbons (Fsp3) is 0.353. The molecule has 0 aliphatic rings. The molecule has 0 aliphatic heterocycles. The zero-order valence-corrected chi connectivity index (χ0v) is 14.2. The molecule has 1 heterocycles. The Bertz CT molecular complexity index is 612. The van der Waals surface area contributed by atoms with Gasteiger partial charge in [-0.3, -0.25) is 4.79 Å². The molecule has 0 spiro atoms. The lowest BCUT2D eigenvalue weighted by Gasteiger charge is -2.01. The second kappa shape index (κ2) is 8.91. The van der Waals surface area contributed by atoms with Crippen LogP contribution in [0.2, 0.25) is 5.02 Å². The van der Waals surface area contributed by atoms with Crippen LogP contribution in [-0.2, 0) is 0 Å². The van der Waals surface area contributed by atoms with Crippen molar-refractivity contribution >= 4 is 33.9 Å². The summed E-state index contributed by atoms with van der Waals surface area (Å²) in [7, 11) is 0. The highest BCUT2D eigenvalue weighted by Gasteiger charge is 2.15. The highest BCUT2D eigenvalue weighted by Crippen LogP contribution is 2.25. The molecule has 1 N–H and O–H groups in total. The van der Waals surface area contributed by atoms with Crippen molar-refractivity contribution in [1.29, 1.82) is 0 Å². The molecule has 1 aromatic carbocycles. The molecule has 1 radical (unpaired) electrons. The third-order valence-corrected chi connectivity index (χ3v) is 4.53. The SMILES string of the molecule is CCCCCC[CH]Nc1ncc(C(=O)c2ccccc2Cl)s1. The van der Waals surface area contributed by atoms with Crippen molar-refractivity contribution in [2.75, 3.05) is 5.32 Å². The molecule has 0 bridgehead atoms. The first-order chi connectivity index (χ1) is 10.7. The Labute approximate surface area is 140 Å². The summed E-state index contributed by atoms with van der Waals surface area (Å²) < 4.78 is 0. The van der Waals surface area contributed by atoms with Gasteiger partial charge in [-0.25, -0.2) is 4.98 Å². The molecule has 3 nitrogen and oxygen atoms in total. The lowest BCUT2D eigenvalue weighted by atomic mass is 10.1. The van der Waals surface area contributed by atoms with E-state index in [1.807, 2.05) is 18.7 Å². The Morgan fingerprint density at radius 1 is 1.32 bits per heavy atom. The maximum atomic E-state index is 12.4. The molecule has 5 heteroatoms. The minimum absolute atomic E-state index is 0.0842. The lowest BCUT2D eigenvalue weighted by molar-refractivity contribution is 0.104. The van der Waals surface area contributed by atoms with E-state index in [1.54, 1.807) is 18.3 Å². The Kier molecular flexibility index (Phi) is 6.87. The summed E-state index contributed by atoms with van der Waals surface area (Å²) in [6.07, 6.45) is 7.56. The van der Waals surface area contributed by atoms with Crippen molar-refractivity contribution in [1.82, 2.24) is 4.98 Å². The largest absolute Gasteiger partial charge is 0.357 e. The summed E-state index contributed by atoms with van der Waals surface area (Å²) in [5, 5.41) is 4.37. The number of rotatable bonds is 9. The number of carbonyl (C=O) groups is 1. The molecule has 0 saturated carbocycles. The quantitative estimate of drug-likeness (QED) is 0.481. The number of unbranched alkanes of at least 4 members (excludes halogenated alkanes) is 4. The van der Waals surface area contributed by atoms with Gasteiger partial charge in [-0.1, -0.05) is 67.7 Å². The minimum atomic E-state index is -0.0842. The van der Waals surface area contributed by atoms with Crippen LogP contribution in [-0.4, -0.2) is 10.8 Å². The normalized spacial score (nSPS) is 10.6. The van der Waals surface area contributed by atoms with Crippen LogP contribution < -0.4 is 5.32 Å². The van der Waals surface area contributed by atoms with Crippen LogP contribution in [0.15, 0.2) is 30.5 Å². The Morgan fingerprint density at radius 3 is 2.91 bits per heavy atom. The van der Waals surface area contributed by atoms with Crippen LogP contribution in [0, 0.1) is 6.54 Å². The van der Waals surface area contributed by atoms with Gasteiger partial charge >= 0.3 is 0 Å². The Hall–Kier alpha value is -1.39. The molecule has 22 heavy (non-hydrogen) atoms. The first kappa shape index (κ1) is 17.0. The average molecular weight is 336 g/mol. The predicted molar refractivity (Wildman–Crippen MR) is 93.7 cm³/mol.